The van der Waals surface area contributed by atoms with E-state index in [1.807, 2.05) is 0 Å². The van der Waals surface area contributed by atoms with Crippen LogP contribution < -0.4 is 4.90 Å². The lowest BCUT2D eigenvalue weighted by atomic mass is 10.3. The first-order valence-corrected chi connectivity index (χ1v) is 5.77. The van der Waals surface area contributed by atoms with Crippen LogP contribution in [-0.2, 0) is 15.7 Å². The molecule has 0 aliphatic carbocycles. The number of nitrogens with zero attached hydrogens (tertiary/aromatic N) is 3. The van der Waals surface area contributed by atoms with Crippen LogP contribution in [0.5, 0.6) is 0 Å². The van der Waals surface area contributed by atoms with Gasteiger partial charge in [-0.1, -0.05) is 0 Å². The fourth-order valence-electron chi connectivity index (χ4n) is 1.72. The molecule has 5 nitrogen and oxygen atoms in total. The van der Waals surface area contributed by atoms with Crippen molar-refractivity contribution in [3.8, 4) is 0 Å². The van der Waals surface area contributed by atoms with Crippen molar-refractivity contribution in [1.82, 2.24) is 9.97 Å². The Morgan fingerprint density at radius 3 is 2.84 bits per heavy atom. The van der Waals surface area contributed by atoms with Gasteiger partial charge in [-0.3, -0.25) is 0 Å². The first kappa shape index (κ1) is 14.0. The van der Waals surface area contributed by atoms with E-state index < -0.39 is 11.9 Å². The van der Waals surface area contributed by atoms with E-state index in [-0.39, 0.29) is 12.1 Å². The van der Waals surface area contributed by atoms with Crippen molar-refractivity contribution in [2.45, 2.75) is 12.3 Å². The number of hydrogen-bond acceptors (Lipinski definition) is 5. The molecule has 1 fully saturated rings. The fourth-order valence-corrected chi connectivity index (χ4v) is 1.72. The van der Waals surface area contributed by atoms with E-state index in [2.05, 4.69) is 9.97 Å². The summed E-state index contributed by atoms with van der Waals surface area (Å²) in [4.78, 5) is 8.86. The molecule has 2 heterocycles. The van der Waals surface area contributed by atoms with E-state index in [0.29, 0.717) is 26.4 Å². The SMILES string of the molecule is CN(CC1COCCO1)c1nccc(C(F)(F)F)n1. The molecule has 1 aliphatic heterocycles. The van der Waals surface area contributed by atoms with Gasteiger partial charge in [-0.25, -0.2) is 9.97 Å². The first-order valence-electron chi connectivity index (χ1n) is 5.77. The third kappa shape index (κ3) is 3.77. The topological polar surface area (TPSA) is 47.5 Å². The van der Waals surface area contributed by atoms with Crippen LogP contribution in [0.1, 0.15) is 5.69 Å². The van der Waals surface area contributed by atoms with Crippen LogP contribution >= 0.6 is 0 Å². The number of halogens is 3. The van der Waals surface area contributed by atoms with Crippen molar-refractivity contribution in [1.29, 1.82) is 0 Å². The number of rotatable bonds is 3. The van der Waals surface area contributed by atoms with Gasteiger partial charge in [-0.15, -0.1) is 0 Å². The molecule has 0 amide bonds. The number of anilines is 1. The zero-order valence-electron chi connectivity index (χ0n) is 10.4. The van der Waals surface area contributed by atoms with Crippen molar-refractivity contribution < 1.29 is 22.6 Å². The highest BCUT2D eigenvalue weighted by molar-refractivity contribution is 5.29. The molecular formula is C11H14F3N3O2. The highest BCUT2D eigenvalue weighted by Crippen LogP contribution is 2.27. The molecule has 0 aromatic carbocycles. The van der Waals surface area contributed by atoms with Crippen LogP contribution in [0.4, 0.5) is 19.1 Å². The van der Waals surface area contributed by atoms with Gasteiger partial charge in [0.05, 0.1) is 25.9 Å². The Morgan fingerprint density at radius 2 is 2.21 bits per heavy atom. The average Bonchev–Trinajstić information content (AvgIpc) is 2.39. The lowest BCUT2D eigenvalue weighted by Gasteiger charge is -2.27. The lowest BCUT2D eigenvalue weighted by molar-refractivity contribution is -0.141. The highest BCUT2D eigenvalue weighted by atomic mass is 19.4. The minimum atomic E-state index is -4.47. The Bertz CT molecular complexity index is 422. The zero-order valence-corrected chi connectivity index (χ0v) is 10.4. The number of ether oxygens (including phenoxy) is 2. The van der Waals surface area contributed by atoms with Crippen LogP contribution in [0, 0.1) is 0 Å². The monoisotopic (exact) mass is 277 g/mol. The normalized spacial score (nSPS) is 20.3. The maximum Gasteiger partial charge on any atom is 0.433 e. The van der Waals surface area contributed by atoms with E-state index in [0.717, 1.165) is 12.3 Å². The van der Waals surface area contributed by atoms with Crippen LogP contribution in [-0.4, -0.2) is 49.5 Å². The quantitative estimate of drug-likeness (QED) is 0.834. The van der Waals surface area contributed by atoms with Crippen molar-refractivity contribution in [3.63, 3.8) is 0 Å². The smallest absolute Gasteiger partial charge is 0.376 e. The summed E-state index contributed by atoms with van der Waals surface area (Å²) in [6.07, 6.45) is -3.56. The molecule has 1 atom stereocenters. The molecule has 1 aromatic rings. The minimum Gasteiger partial charge on any atom is -0.376 e. The molecule has 0 N–H and O–H groups in total. The third-order valence-electron chi connectivity index (χ3n) is 2.64. The summed E-state index contributed by atoms with van der Waals surface area (Å²) < 4.78 is 48.3. The molecule has 8 heteroatoms. The van der Waals surface area contributed by atoms with Gasteiger partial charge in [-0.05, 0) is 6.07 Å². The Hall–Kier alpha value is -1.41. The standard InChI is InChI=1S/C11H14F3N3O2/c1-17(6-8-7-18-4-5-19-8)10-15-3-2-9(16-10)11(12,13)14/h2-3,8H,4-7H2,1H3. The van der Waals surface area contributed by atoms with Gasteiger partial charge in [0.2, 0.25) is 5.95 Å². The summed E-state index contributed by atoms with van der Waals surface area (Å²) >= 11 is 0. The van der Waals surface area contributed by atoms with Gasteiger partial charge in [0.25, 0.3) is 0 Å². The molecule has 1 unspecified atom stereocenters. The second-order valence-electron chi connectivity index (χ2n) is 4.19. The summed E-state index contributed by atoms with van der Waals surface area (Å²) in [5.41, 5.74) is -0.954. The summed E-state index contributed by atoms with van der Waals surface area (Å²) in [6.45, 7) is 1.83. The predicted molar refractivity (Wildman–Crippen MR) is 60.9 cm³/mol. The molecule has 0 saturated carbocycles. The second-order valence-corrected chi connectivity index (χ2v) is 4.19. The predicted octanol–water partition coefficient (Wildman–Crippen LogP) is 1.35. The summed E-state index contributed by atoms with van der Waals surface area (Å²) in [6, 6.07) is 0.845. The molecule has 1 aliphatic rings. The average molecular weight is 277 g/mol. The first-order chi connectivity index (χ1) is 8.97. The molecular weight excluding hydrogens is 263 g/mol. The number of aromatic nitrogens is 2. The van der Waals surface area contributed by atoms with E-state index in [1.165, 1.54) is 4.90 Å². The van der Waals surface area contributed by atoms with Crippen molar-refractivity contribution in [2.75, 3.05) is 38.3 Å². The van der Waals surface area contributed by atoms with Crippen LogP contribution in [0.15, 0.2) is 12.3 Å². The number of likely N-dealkylation sites (N-methyl/N-ethyl adjacent to an activating group) is 1. The Kier molecular flexibility index (Phi) is 4.20. The van der Waals surface area contributed by atoms with Gasteiger partial charge in [0.1, 0.15) is 5.69 Å². The maximum atomic E-state index is 12.5. The molecule has 1 aromatic heterocycles. The second kappa shape index (κ2) is 5.70. The van der Waals surface area contributed by atoms with E-state index in [9.17, 15) is 13.2 Å². The maximum absolute atomic E-state index is 12.5. The Labute approximate surface area is 108 Å². The van der Waals surface area contributed by atoms with Crippen molar-refractivity contribution in [2.24, 2.45) is 0 Å². The van der Waals surface area contributed by atoms with E-state index in [1.54, 1.807) is 7.05 Å². The molecule has 19 heavy (non-hydrogen) atoms. The van der Waals surface area contributed by atoms with Crippen LogP contribution in [0.25, 0.3) is 0 Å². The highest BCUT2D eigenvalue weighted by Gasteiger charge is 2.33. The molecule has 0 bridgehead atoms. The third-order valence-corrected chi connectivity index (χ3v) is 2.64. The van der Waals surface area contributed by atoms with Gasteiger partial charge in [-0.2, -0.15) is 13.2 Å². The summed E-state index contributed by atoms with van der Waals surface area (Å²) in [5.74, 6) is 0.0176. The number of hydrogen-bond donors (Lipinski definition) is 0. The summed E-state index contributed by atoms with van der Waals surface area (Å²) in [7, 11) is 1.62. The summed E-state index contributed by atoms with van der Waals surface area (Å²) in [5, 5.41) is 0. The molecule has 106 valence electrons. The van der Waals surface area contributed by atoms with Gasteiger partial charge in [0.15, 0.2) is 0 Å². The molecule has 1 saturated heterocycles. The largest absolute Gasteiger partial charge is 0.433 e. The molecule has 2 rings (SSSR count). The van der Waals surface area contributed by atoms with Crippen LogP contribution in [0.3, 0.4) is 0 Å². The van der Waals surface area contributed by atoms with Crippen molar-refractivity contribution in [3.05, 3.63) is 18.0 Å². The Balaban J connectivity index is 2.04. The van der Waals surface area contributed by atoms with Gasteiger partial charge >= 0.3 is 6.18 Å². The Morgan fingerprint density at radius 1 is 1.42 bits per heavy atom. The van der Waals surface area contributed by atoms with Gasteiger partial charge < -0.3 is 14.4 Å². The molecule has 0 radical (unpaired) electrons. The van der Waals surface area contributed by atoms with Crippen molar-refractivity contribution >= 4 is 5.95 Å². The van der Waals surface area contributed by atoms with E-state index in [4.69, 9.17) is 9.47 Å². The fraction of sp³-hybridized carbons (Fsp3) is 0.636. The zero-order chi connectivity index (χ0) is 13.9. The van der Waals surface area contributed by atoms with Crippen LogP contribution in [0.2, 0.25) is 0 Å². The number of alkyl halides is 3. The van der Waals surface area contributed by atoms with Gasteiger partial charge in [0, 0.05) is 19.8 Å². The minimum absolute atomic E-state index is 0.0176. The lowest BCUT2D eigenvalue weighted by Crippen LogP contribution is -2.39. The molecule has 0 spiro atoms. The van der Waals surface area contributed by atoms with E-state index >= 15 is 0 Å².